The van der Waals surface area contributed by atoms with Crippen LogP contribution in [0.15, 0.2) is 46.6 Å². The highest BCUT2D eigenvalue weighted by molar-refractivity contribution is 6.44. The second-order valence-corrected chi connectivity index (χ2v) is 6.25. The molecule has 0 aliphatic rings. The molecule has 0 fully saturated rings. The maximum atomic E-state index is 11.6. The average molecular weight is 432 g/mol. The molecule has 26 heavy (non-hydrogen) atoms. The van der Waals surface area contributed by atoms with Crippen LogP contribution in [-0.2, 0) is 9.59 Å². The fraction of sp³-hybridized carbons (Fsp3) is 0. The largest absolute Gasteiger partial charge is 0.331 e. The molecule has 2 aromatic rings. The van der Waals surface area contributed by atoms with Gasteiger partial charge < -0.3 is 0 Å². The number of hydrazone groups is 2. The zero-order chi connectivity index (χ0) is 19.1. The molecule has 0 bridgehead atoms. The van der Waals surface area contributed by atoms with E-state index in [9.17, 15) is 9.59 Å². The van der Waals surface area contributed by atoms with Crippen LogP contribution in [0.3, 0.4) is 0 Å². The van der Waals surface area contributed by atoms with Gasteiger partial charge in [-0.2, -0.15) is 10.2 Å². The van der Waals surface area contributed by atoms with Gasteiger partial charge in [-0.25, -0.2) is 10.9 Å². The third-order valence-corrected chi connectivity index (χ3v) is 4.58. The summed E-state index contributed by atoms with van der Waals surface area (Å²) < 4.78 is 0. The van der Waals surface area contributed by atoms with Crippen molar-refractivity contribution in [1.29, 1.82) is 0 Å². The van der Waals surface area contributed by atoms with Gasteiger partial charge in [-0.15, -0.1) is 0 Å². The zero-order valence-corrected chi connectivity index (χ0v) is 15.9. The van der Waals surface area contributed by atoms with Crippen LogP contribution in [0.4, 0.5) is 0 Å². The molecule has 134 valence electrons. The fourth-order valence-electron chi connectivity index (χ4n) is 1.66. The van der Waals surface area contributed by atoms with Crippen molar-refractivity contribution in [2.45, 2.75) is 0 Å². The molecule has 6 nitrogen and oxygen atoms in total. The van der Waals surface area contributed by atoms with Gasteiger partial charge in [0.2, 0.25) is 0 Å². The molecular weight excluding hydrogens is 422 g/mol. The summed E-state index contributed by atoms with van der Waals surface area (Å²) in [5.41, 5.74) is 5.05. The smallest absolute Gasteiger partial charge is 0.262 e. The van der Waals surface area contributed by atoms with Gasteiger partial charge in [0, 0.05) is 11.1 Å². The van der Waals surface area contributed by atoms with E-state index in [1.165, 1.54) is 12.4 Å². The van der Waals surface area contributed by atoms with E-state index in [1.807, 2.05) is 10.9 Å². The van der Waals surface area contributed by atoms with E-state index in [0.29, 0.717) is 21.2 Å². The summed E-state index contributed by atoms with van der Waals surface area (Å²) in [6, 6.07) is 9.83. The van der Waals surface area contributed by atoms with Crippen LogP contribution in [-0.4, -0.2) is 24.2 Å². The van der Waals surface area contributed by atoms with Crippen molar-refractivity contribution in [3.63, 3.8) is 0 Å². The van der Waals surface area contributed by atoms with Crippen LogP contribution in [0.25, 0.3) is 0 Å². The van der Waals surface area contributed by atoms with Crippen molar-refractivity contribution >= 4 is 70.6 Å². The molecule has 2 N–H and O–H groups in total. The molecule has 0 spiro atoms. The first-order chi connectivity index (χ1) is 12.4. The summed E-state index contributed by atoms with van der Waals surface area (Å²) in [7, 11) is 0. The number of hydrogen-bond donors (Lipinski definition) is 2. The standard InChI is InChI=1S/C16H10Cl4N4O2/c17-11-5-1-3-9(13(11)19)7-21-23-15(25)16(26)24-22-8-10-4-2-6-12(18)14(10)20/h1-8H,(H,23,25)(H,24,26). The lowest BCUT2D eigenvalue weighted by Gasteiger charge is -2.01. The SMILES string of the molecule is O=C(NN=Cc1cccc(Cl)c1Cl)C(=O)NN=Cc1cccc(Cl)c1Cl. The van der Waals surface area contributed by atoms with Gasteiger partial charge in [0.15, 0.2) is 0 Å². The van der Waals surface area contributed by atoms with Gasteiger partial charge in [0.05, 0.1) is 32.5 Å². The highest BCUT2D eigenvalue weighted by atomic mass is 35.5. The number of amides is 2. The Balaban J connectivity index is 1.90. The molecule has 2 rings (SSSR count). The van der Waals surface area contributed by atoms with Crippen LogP contribution in [0.5, 0.6) is 0 Å². The highest BCUT2D eigenvalue weighted by Crippen LogP contribution is 2.24. The van der Waals surface area contributed by atoms with Crippen molar-refractivity contribution < 1.29 is 9.59 Å². The van der Waals surface area contributed by atoms with E-state index in [0.717, 1.165) is 0 Å². The number of halogens is 4. The Bertz CT molecular complexity index is 826. The number of nitrogens with zero attached hydrogens (tertiary/aromatic N) is 2. The van der Waals surface area contributed by atoms with Gasteiger partial charge in [0.25, 0.3) is 0 Å². The Labute approximate surface area is 168 Å². The predicted molar refractivity (Wildman–Crippen MR) is 104 cm³/mol. The lowest BCUT2D eigenvalue weighted by atomic mass is 10.2. The summed E-state index contributed by atoms with van der Waals surface area (Å²) in [5.74, 6) is -2.04. The van der Waals surface area contributed by atoms with E-state index in [4.69, 9.17) is 46.4 Å². The molecule has 0 aliphatic heterocycles. The quantitative estimate of drug-likeness (QED) is 0.437. The highest BCUT2D eigenvalue weighted by Gasteiger charge is 2.11. The molecule has 0 saturated heterocycles. The van der Waals surface area contributed by atoms with Gasteiger partial charge in [-0.05, 0) is 12.1 Å². The first-order valence-electron chi connectivity index (χ1n) is 6.94. The van der Waals surface area contributed by atoms with Crippen molar-refractivity contribution in [1.82, 2.24) is 10.9 Å². The fourth-order valence-corrected chi connectivity index (χ4v) is 2.38. The number of carbonyl (C=O) groups is 2. The molecule has 0 atom stereocenters. The molecule has 10 heteroatoms. The molecule has 0 saturated carbocycles. The number of rotatable bonds is 4. The average Bonchev–Trinajstić information content (AvgIpc) is 2.62. The number of hydrogen-bond acceptors (Lipinski definition) is 4. The molecule has 0 radical (unpaired) electrons. The van der Waals surface area contributed by atoms with E-state index in [-0.39, 0.29) is 10.0 Å². The van der Waals surface area contributed by atoms with Gasteiger partial charge in [-0.1, -0.05) is 70.7 Å². The van der Waals surface area contributed by atoms with Gasteiger partial charge >= 0.3 is 11.8 Å². The molecule has 0 heterocycles. The van der Waals surface area contributed by atoms with Crippen molar-refractivity contribution in [3.05, 3.63) is 67.6 Å². The third kappa shape index (κ3) is 5.44. The summed E-state index contributed by atoms with van der Waals surface area (Å²) >= 11 is 23.6. The van der Waals surface area contributed by atoms with Crippen molar-refractivity contribution in [3.8, 4) is 0 Å². The van der Waals surface area contributed by atoms with Crippen LogP contribution >= 0.6 is 46.4 Å². The molecule has 0 unspecified atom stereocenters. The Kier molecular flexibility index (Phi) is 7.41. The van der Waals surface area contributed by atoms with Crippen LogP contribution < -0.4 is 10.9 Å². The van der Waals surface area contributed by atoms with Crippen LogP contribution in [0.1, 0.15) is 11.1 Å². The minimum Gasteiger partial charge on any atom is -0.262 e. The molecule has 2 aromatic carbocycles. The van der Waals surface area contributed by atoms with E-state index in [2.05, 4.69) is 10.2 Å². The number of carbonyl (C=O) groups excluding carboxylic acids is 2. The Morgan fingerprint density at radius 3 is 1.50 bits per heavy atom. The maximum Gasteiger partial charge on any atom is 0.331 e. The summed E-state index contributed by atoms with van der Waals surface area (Å²) in [5, 5.41) is 8.51. The lowest BCUT2D eigenvalue weighted by Crippen LogP contribution is -2.35. The molecule has 2 amide bonds. The Morgan fingerprint density at radius 2 is 1.12 bits per heavy atom. The maximum absolute atomic E-state index is 11.6. The number of benzene rings is 2. The lowest BCUT2D eigenvalue weighted by molar-refractivity contribution is -0.139. The Morgan fingerprint density at radius 1 is 0.731 bits per heavy atom. The van der Waals surface area contributed by atoms with Gasteiger partial charge in [0.1, 0.15) is 0 Å². The third-order valence-electron chi connectivity index (χ3n) is 2.91. The molecular formula is C16H10Cl4N4O2. The zero-order valence-electron chi connectivity index (χ0n) is 12.8. The first-order valence-corrected chi connectivity index (χ1v) is 8.46. The van der Waals surface area contributed by atoms with E-state index in [1.54, 1.807) is 36.4 Å². The summed E-state index contributed by atoms with van der Waals surface area (Å²) in [4.78, 5) is 23.3. The molecule has 0 aliphatic carbocycles. The number of nitrogens with one attached hydrogen (secondary N) is 2. The summed E-state index contributed by atoms with van der Waals surface area (Å²) in [6.07, 6.45) is 2.52. The predicted octanol–water partition coefficient (Wildman–Crippen LogP) is 3.90. The summed E-state index contributed by atoms with van der Waals surface area (Å²) in [6.45, 7) is 0. The minimum absolute atomic E-state index is 0.277. The first kappa shape index (κ1) is 20.2. The molecule has 0 aromatic heterocycles. The van der Waals surface area contributed by atoms with Crippen LogP contribution in [0.2, 0.25) is 20.1 Å². The topological polar surface area (TPSA) is 82.9 Å². The Hall–Kier alpha value is -2.12. The second-order valence-electron chi connectivity index (χ2n) is 4.68. The van der Waals surface area contributed by atoms with Crippen molar-refractivity contribution in [2.24, 2.45) is 10.2 Å². The van der Waals surface area contributed by atoms with E-state index >= 15 is 0 Å². The minimum atomic E-state index is -1.02. The van der Waals surface area contributed by atoms with Crippen molar-refractivity contribution in [2.75, 3.05) is 0 Å². The van der Waals surface area contributed by atoms with Gasteiger partial charge in [-0.3, -0.25) is 9.59 Å². The second kappa shape index (κ2) is 9.54. The normalized spacial score (nSPS) is 11.1. The monoisotopic (exact) mass is 430 g/mol. The van der Waals surface area contributed by atoms with E-state index < -0.39 is 11.8 Å². The van der Waals surface area contributed by atoms with Crippen LogP contribution in [0, 0.1) is 0 Å².